The average Bonchev–Trinajstić information content (AvgIpc) is 2.06. The highest BCUT2D eigenvalue weighted by atomic mass is 32.2. The Balaban J connectivity index is 4.27. The van der Waals surface area contributed by atoms with Gasteiger partial charge in [-0.2, -0.15) is 8.42 Å². The molecule has 1 N–H and O–H groups in total. The molecule has 3 nitrogen and oxygen atoms in total. The molecule has 0 saturated heterocycles. The molecule has 0 aliphatic carbocycles. The summed E-state index contributed by atoms with van der Waals surface area (Å²) in [5.41, 5.74) is 0.0931. The van der Waals surface area contributed by atoms with Crippen LogP contribution in [0.4, 0.5) is 0 Å². The van der Waals surface area contributed by atoms with Crippen LogP contribution in [0, 0.1) is 5.41 Å². The van der Waals surface area contributed by atoms with E-state index in [4.69, 9.17) is 4.55 Å². The molecule has 4 heteroatoms. The molecule has 0 aliphatic rings. The van der Waals surface area contributed by atoms with Crippen LogP contribution in [-0.4, -0.2) is 18.7 Å². The van der Waals surface area contributed by atoms with Gasteiger partial charge in [-0.25, -0.2) is 0 Å². The lowest BCUT2D eigenvalue weighted by Gasteiger charge is -2.29. The quantitative estimate of drug-likeness (QED) is 0.682. The molecular formula is C9H20O3S. The third kappa shape index (κ3) is 4.62. The third-order valence-corrected chi connectivity index (χ3v) is 3.86. The normalized spacial score (nSPS) is 13.2. The van der Waals surface area contributed by atoms with Gasteiger partial charge >= 0.3 is 0 Å². The maximum absolute atomic E-state index is 10.6. The first kappa shape index (κ1) is 12.9. The monoisotopic (exact) mass is 208 g/mol. The van der Waals surface area contributed by atoms with Crippen molar-refractivity contribution in [3.05, 3.63) is 0 Å². The number of hydrogen-bond acceptors (Lipinski definition) is 2. The minimum Gasteiger partial charge on any atom is -0.286 e. The molecule has 0 radical (unpaired) electrons. The second kappa shape index (κ2) is 4.96. The van der Waals surface area contributed by atoms with E-state index in [2.05, 4.69) is 20.8 Å². The van der Waals surface area contributed by atoms with Crippen LogP contribution in [0.2, 0.25) is 0 Å². The Morgan fingerprint density at radius 2 is 1.46 bits per heavy atom. The molecule has 0 saturated carbocycles. The molecule has 13 heavy (non-hydrogen) atoms. The summed E-state index contributed by atoms with van der Waals surface area (Å²) in [5.74, 6) is -0.109. The van der Waals surface area contributed by atoms with Crippen molar-refractivity contribution in [3.8, 4) is 0 Å². The fourth-order valence-electron chi connectivity index (χ4n) is 1.63. The highest BCUT2D eigenvalue weighted by Gasteiger charge is 2.25. The Bertz CT molecular complexity index is 219. The van der Waals surface area contributed by atoms with Gasteiger partial charge in [0.25, 0.3) is 10.1 Å². The van der Waals surface area contributed by atoms with E-state index < -0.39 is 10.1 Å². The Labute approximate surface area is 81.3 Å². The fourth-order valence-corrected chi connectivity index (χ4v) is 2.32. The van der Waals surface area contributed by atoms with Crippen molar-refractivity contribution in [3.63, 3.8) is 0 Å². The minimum atomic E-state index is -3.79. The predicted molar refractivity (Wildman–Crippen MR) is 54.3 cm³/mol. The SMILES string of the molecule is CCC(CC)(CC)CCS(=O)(=O)O. The molecule has 0 fully saturated rings. The minimum absolute atomic E-state index is 0.0931. The zero-order valence-electron chi connectivity index (χ0n) is 8.71. The Kier molecular flexibility index (Phi) is 4.92. The van der Waals surface area contributed by atoms with E-state index in [1.165, 1.54) is 0 Å². The lowest BCUT2D eigenvalue weighted by atomic mass is 9.78. The molecule has 80 valence electrons. The first-order chi connectivity index (χ1) is 5.89. The molecule has 0 amide bonds. The molecule has 0 aromatic carbocycles. The van der Waals surface area contributed by atoms with Gasteiger partial charge in [-0.1, -0.05) is 40.0 Å². The van der Waals surface area contributed by atoms with Gasteiger partial charge in [-0.3, -0.25) is 4.55 Å². The Morgan fingerprint density at radius 1 is 1.08 bits per heavy atom. The lowest BCUT2D eigenvalue weighted by molar-refractivity contribution is 0.239. The topological polar surface area (TPSA) is 54.4 Å². The molecule has 0 aromatic heterocycles. The highest BCUT2D eigenvalue weighted by molar-refractivity contribution is 7.85. The largest absolute Gasteiger partial charge is 0.286 e. The van der Waals surface area contributed by atoms with Crippen molar-refractivity contribution in [2.75, 3.05) is 5.75 Å². The van der Waals surface area contributed by atoms with E-state index in [-0.39, 0.29) is 11.2 Å². The van der Waals surface area contributed by atoms with Crippen LogP contribution >= 0.6 is 0 Å². The smallest absolute Gasteiger partial charge is 0.264 e. The molecule has 0 unspecified atom stereocenters. The molecule has 0 spiro atoms. The Hall–Kier alpha value is -0.0900. The third-order valence-electron chi connectivity index (χ3n) is 3.14. The van der Waals surface area contributed by atoms with Gasteiger partial charge in [0.2, 0.25) is 0 Å². The number of rotatable bonds is 6. The molecule has 0 bridgehead atoms. The van der Waals surface area contributed by atoms with Gasteiger partial charge in [0.1, 0.15) is 0 Å². The summed E-state index contributed by atoms with van der Waals surface area (Å²) >= 11 is 0. The van der Waals surface area contributed by atoms with Crippen LogP contribution in [0.1, 0.15) is 46.5 Å². The van der Waals surface area contributed by atoms with Gasteiger partial charge in [-0.05, 0) is 11.8 Å². The van der Waals surface area contributed by atoms with Crippen molar-refractivity contribution >= 4 is 10.1 Å². The van der Waals surface area contributed by atoms with Crippen molar-refractivity contribution in [2.45, 2.75) is 46.5 Å². The summed E-state index contributed by atoms with van der Waals surface area (Å²) in [4.78, 5) is 0. The summed E-state index contributed by atoms with van der Waals surface area (Å²) in [6.45, 7) is 6.20. The van der Waals surface area contributed by atoms with Gasteiger partial charge in [0.15, 0.2) is 0 Å². The van der Waals surface area contributed by atoms with E-state index in [1.54, 1.807) is 0 Å². The van der Waals surface area contributed by atoms with E-state index in [1.807, 2.05) is 0 Å². The van der Waals surface area contributed by atoms with Crippen molar-refractivity contribution in [1.29, 1.82) is 0 Å². The molecule has 0 rings (SSSR count). The second-order valence-electron chi connectivity index (χ2n) is 3.60. The summed E-state index contributed by atoms with van der Waals surface area (Å²) < 4.78 is 29.8. The molecule has 0 aliphatic heterocycles. The summed E-state index contributed by atoms with van der Waals surface area (Å²) in [5, 5.41) is 0. The van der Waals surface area contributed by atoms with E-state index in [9.17, 15) is 8.42 Å². The van der Waals surface area contributed by atoms with E-state index >= 15 is 0 Å². The highest BCUT2D eigenvalue weighted by Crippen LogP contribution is 2.34. The van der Waals surface area contributed by atoms with Gasteiger partial charge in [0.05, 0.1) is 5.75 Å². The Morgan fingerprint density at radius 3 is 1.69 bits per heavy atom. The first-order valence-corrected chi connectivity index (χ1v) is 6.45. The molecule has 0 aromatic rings. The van der Waals surface area contributed by atoms with Gasteiger partial charge in [-0.15, -0.1) is 0 Å². The van der Waals surface area contributed by atoms with Crippen LogP contribution in [-0.2, 0) is 10.1 Å². The van der Waals surface area contributed by atoms with Gasteiger partial charge < -0.3 is 0 Å². The second-order valence-corrected chi connectivity index (χ2v) is 5.17. The molecular weight excluding hydrogens is 188 g/mol. The number of hydrogen-bond donors (Lipinski definition) is 1. The predicted octanol–water partition coefficient (Wildman–Crippen LogP) is 2.48. The van der Waals surface area contributed by atoms with E-state index in [0.29, 0.717) is 6.42 Å². The summed E-state index contributed by atoms with van der Waals surface area (Å²) in [6, 6.07) is 0. The zero-order valence-corrected chi connectivity index (χ0v) is 9.52. The standard InChI is InChI=1S/C9H20O3S/c1-4-9(5-2,6-3)7-8-13(10,11)12/h4-8H2,1-3H3,(H,10,11,12). The fraction of sp³-hybridized carbons (Fsp3) is 1.00. The van der Waals surface area contributed by atoms with Crippen LogP contribution < -0.4 is 0 Å². The molecule has 0 atom stereocenters. The van der Waals surface area contributed by atoms with Crippen molar-refractivity contribution in [1.82, 2.24) is 0 Å². The molecule has 0 heterocycles. The van der Waals surface area contributed by atoms with Crippen LogP contribution in [0.3, 0.4) is 0 Å². The first-order valence-electron chi connectivity index (χ1n) is 4.84. The average molecular weight is 208 g/mol. The summed E-state index contributed by atoms with van der Waals surface area (Å²) in [6.07, 6.45) is 3.47. The van der Waals surface area contributed by atoms with Gasteiger partial charge in [0, 0.05) is 0 Å². The van der Waals surface area contributed by atoms with Crippen LogP contribution in [0.5, 0.6) is 0 Å². The maximum atomic E-state index is 10.6. The van der Waals surface area contributed by atoms with Crippen LogP contribution in [0.15, 0.2) is 0 Å². The van der Waals surface area contributed by atoms with Crippen molar-refractivity contribution < 1.29 is 13.0 Å². The lowest BCUT2D eigenvalue weighted by Crippen LogP contribution is -2.22. The van der Waals surface area contributed by atoms with Crippen LogP contribution in [0.25, 0.3) is 0 Å². The van der Waals surface area contributed by atoms with Crippen molar-refractivity contribution in [2.24, 2.45) is 5.41 Å². The summed E-state index contributed by atoms with van der Waals surface area (Å²) in [7, 11) is -3.79. The maximum Gasteiger partial charge on any atom is 0.264 e. The van der Waals surface area contributed by atoms with E-state index in [0.717, 1.165) is 19.3 Å². The zero-order chi connectivity index (χ0) is 10.5.